The van der Waals surface area contributed by atoms with E-state index in [2.05, 4.69) is 22.9 Å². The summed E-state index contributed by atoms with van der Waals surface area (Å²) in [5.74, 6) is 0.475. The zero-order chi connectivity index (χ0) is 21.4. The molecule has 4 rings (SSSR count). The SMILES string of the molecule is CC(=O)O[C@H]1CC[C@@]2(C)[C@@H](CC[C@@H]3[C@@H]2C(=O)C[C@@]2(C)[C@H]3C[C@@H](Br)[C@@]2(O)C(C)=O)C1. The number of alkyl halides is 1. The lowest BCUT2D eigenvalue weighted by atomic mass is 9.44. The number of aliphatic hydroxyl groups is 1. The Kier molecular flexibility index (Phi) is 5.09. The van der Waals surface area contributed by atoms with Gasteiger partial charge < -0.3 is 9.84 Å². The molecule has 0 radical (unpaired) electrons. The number of esters is 1. The van der Waals surface area contributed by atoms with Gasteiger partial charge in [-0.05, 0) is 68.6 Å². The topological polar surface area (TPSA) is 80.7 Å². The molecular formula is C23H33BrO5. The molecule has 4 aliphatic rings. The molecule has 9 atom stereocenters. The lowest BCUT2D eigenvalue weighted by molar-refractivity contribution is -0.180. The Hall–Kier alpha value is -0.750. The number of ether oxygens (including phenoxy) is 1. The standard InChI is InChI=1S/C23H33BrO5/c1-12(25)23(28)19(24)10-17-16-6-5-14-9-15(29-13(2)26)7-8-21(14,3)20(16)18(27)11-22(17,23)4/h14-17,19-20,28H,5-11H2,1-4H3/t14-,15-,16-,17-,19+,20+,21-,22-,23-/m0/s1. The van der Waals surface area contributed by atoms with Crippen LogP contribution in [0.15, 0.2) is 0 Å². The largest absolute Gasteiger partial charge is 0.463 e. The van der Waals surface area contributed by atoms with E-state index < -0.39 is 11.0 Å². The molecule has 4 saturated carbocycles. The highest BCUT2D eigenvalue weighted by Gasteiger charge is 2.71. The van der Waals surface area contributed by atoms with Crippen molar-refractivity contribution in [3.8, 4) is 0 Å². The predicted octanol–water partition coefficient (Wildman–Crippen LogP) is 3.83. The predicted molar refractivity (Wildman–Crippen MR) is 111 cm³/mol. The van der Waals surface area contributed by atoms with Crippen molar-refractivity contribution >= 4 is 33.5 Å². The molecule has 0 unspecified atom stereocenters. The Morgan fingerprint density at radius 2 is 1.83 bits per heavy atom. The first kappa shape index (κ1) is 21.5. The van der Waals surface area contributed by atoms with Gasteiger partial charge in [0.05, 0.1) is 4.83 Å². The number of carbonyl (C=O) groups excluding carboxylic acids is 3. The van der Waals surface area contributed by atoms with Crippen LogP contribution in [0.1, 0.15) is 72.6 Å². The molecule has 0 spiro atoms. The van der Waals surface area contributed by atoms with Crippen LogP contribution in [0.5, 0.6) is 0 Å². The van der Waals surface area contributed by atoms with Crippen LogP contribution in [0.2, 0.25) is 0 Å². The minimum Gasteiger partial charge on any atom is -0.463 e. The molecule has 4 fully saturated rings. The maximum absolute atomic E-state index is 13.6. The van der Waals surface area contributed by atoms with E-state index in [0.717, 1.165) is 38.5 Å². The van der Waals surface area contributed by atoms with Gasteiger partial charge in [0.2, 0.25) is 0 Å². The van der Waals surface area contributed by atoms with Gasteiger partial charge in [0.25, 0.3) is 0 Å². The fraction of sp³-hybridized carbons (Fsp3) is 0.870. The molecule has 4 aliphatic carbocycles. The number of carbonyl (C=O) groups is 3. The molecule has 29 heavy (non-hydrogen) atoms. The van der Waals surface area contributed by atoms with Crippen molar-refractivity contribution in [1.29, 1.82) is 0 Å². The number of hydrogen-bond acceptors (Lipinski definition) is 5. The molecule has 0 aliphatic heterocycles. The highest BCUT2D eigenvalue weighted by atomic mass is 79.9. The second kappa shape index (κ2) is 6.88. The summed E-state index contributed by atoms with van der Waals surface area (Å²) in [5, 5.41) is 11.4. The maximum Gasteiger partial charge on any atom is 0.302 e. The molecule has 1 N–H and O–H groups in total. The number of Topliss-reactive ketones (excluding diaryl/α,β-unsaturated/α-hetero) is 2. The smallest absolute Gasteiger partial charge is 0.302 e. The third-order valence-corrected chi connectivity index (χ3v) is 10.4. The van der Waals surface area contributed by atoms with Crippen LogP contribution < -0.4 is 0 Å². The number of rotatable bonds is 2. The van der Waals surface area contributed by atoms with Crippen molar-refractivity contribution in [2.24, 2.45) is 34.5 Å². The molecule has 6 heteroatoms. The van der Waals surface area contributed by atoms with Gasteiger partial charge >= 0.3 is 5.97 Å². The van der Waals surface area contributed by atoms with Crippen LogP contribution >= 0.6 is 15.9 Å². The molecule has 162 valence electrons. The summed E-state index contributed by atoms with van der Waals surface area (Å²) in [5.41, 5.74) is -2.27. The Bertz CT molecular complexity index is 752. The molecule has 5 nitrogen and oxygen atoms in total. The Balaban J connectivity index is 1.65. The molecule has 0 aromatic carbocycles. The molecule has 0 aromatic heterocycles. The van der Waals surface area contributed by atoms with Crippen molar-refractivity contribution in [3.05, 3.63) is 0 Å². The van der Waals surface area contributed by atoms with Crippen LogP contribution in [0.4, 0.5) is 0 Å². The van der Waals surface area contributed by atoms with Gasteiger partial charge in [-0.3, -0.25) is 14.4 Å². The second-order valence-electron chi connectivity index (χ2n) is 10.6. The summed E-state index contributed by atoms with van der Waals surface area (Å²) in [6.45, 7) is 7.13. The van der Waals surface area contributed by atoms with E-state index in [0.29, 0.717) is 5.92 Å². The number of halogens is 1. The molecule has 0 aromatic rings. The molecule has 0 bridgehead atoms. The number of hydrogen-bond donors (Lipinski definition) is 1. The summed E-state index contributed by atoms with van der Waals surface area (Å²) in [4.78, 5) is 37.2. The van der Waals surface area contributed by atoms with Gasteiger partial charge in [0.15, 0.2) is 5.78 Å². The Morgan fingerprint density at radius 1 is 1.14 bits per heavy atom. The van der Waals surface area contributed by atoms with Gasteiger partial charge in [-0.25, -0.2) is 0 Å². The third-order valence-electron chi connectivity index (χ3n) is 9.35. The summed E-state index contributed by atoms with van der Waals surface area (Å²) in [7, 11) is 0. The Labute approximate surface area is 181 Å². The van der Waals surface area contributed by atoms with Crippen molar-refractivity contribution in [3.63, 3.8) is 0 Å². The van der Waals surface area contributed by atoms with Crippen molar-refractivity contribution in [2.45, 2.75) is 89.2 Å². The van der Waals surface area contributed by atoms with Crippen LogP contribution in [0, 0.1) is 34.5 Å². The van der Waals surface area contributed by atoms with E-state index >= 15 is 0 Å². The monoisotopic (exact) mass is 468 g/mol. The van der Waals surface area contributed by atoms with Crippen molar-refractivity contribution in [1.82, 2.24) is 0 Å². The minimum atomic E-state index is -1.48. The molecule has 0 amide bonds. The second-order valence-corrected chi connectivity index (χ2v) is 11.7. The molecule has 0 saturated heterocycles. The van der Waals surface area contributed by atoms with Gasteiger partial charge in [-0.15, -0.1) is 0 Å². The van der Waals surface area contributed by atoms with Gasteiger partial charge in [-0.2, -0.15) is 0 Å². The first-order chi connectivity index (χ1) is 13.4. The van der Waals surface area contributed by atoms with Crippen molar-refractivity contribution < 1.29 is 24.2 Å². The van der Waals surface area contributed by atoms with Gasteiger partial charge in [0.1, 0.15) is 17.5 Å². The van der Waals surface area contributed by atoms with Crippen LogP contribution in [-0.2, 0) is 19.1 Å². The van der Waals surface area contributed by atoms with E-state index in [1.807, 2.05) is 6.92 Å². The van der Waals surface area contributed by atoms with Crippen LogP contribution in [0.3, 0.4) is 0 Å². The van der Waals surface area contributed by atoms with Crippen molar-refractivity contribution in [2.75, 3.05) is 0 Å². The quantitative estimate of drug-likeness (QED) is 0.491. The average molecular weight is 469 g/mol. The summed E-state index contributed by atoms with van der Waals surface area (Å²) >= 11 is 3.61. The van der Waals surface area contributed by atoms with Crippen LogP contribution in [-0.4, -0.2) is 39.2 Å². The first-order valence-electron chi connectivity index (χ1n) is 11.0. The van der Waals surface area contributed by atoms with E-state index in [1.165, 1.54) is 13.8 Å². The van der Waals surface area contributed by atoms with E-state index in [4.69, 9.17) is 4.74 Å². The summed E-state index contributed by atoms with van der Waals surface area (Å²) < 4.78 is 5.50. The number of fused-ring (bicyclic) bond motifs is 5. The van der Waals surface area contributed by atoms with E-state index in [9.17, 15) is 19.5 Å². The first-order valence-corrected chi connectivity index (χ1v) is 11.9. The zero-order valence-corrected chi connectivity index (χ0v) is 19.5. The van der Waals surface area contributed by atoms with Gasteiger partial charge in [-0.1, -0.05) is 29.8 Å². The fourth-order valence-corrected chi connectivity index (χ4v) is 9.22. The van der Waals surface area contributed by atoms with E-state index in [1.54, 1.807) is 0 Å². The highest BCUT2D eigenvalue weighted by molar-refractivity contribution is 9.09. The summed E-state index contributed by atoms with van der Waals surface area (Å²) in [6.07, 6.45) is 5.46. The van der Waals surface area contributed by atoms with E-state index in [-0.39, 0.29) is 58.1 Å². The third kappa shape index (κ3) is 2.84. The average Bonchev–Trinajstić information content (AvgIpc) is 2.82. The highest BCUT2D eigenvalue weighted by Crippen LogP contribution is 2.68. The minimum absolute atomic E-state index is 0.0217. The maximum atomic E-state index is 13.6. The Morgan fingerprint density at radius 3 is 2.45 bits per heavy atom. The van der Waals surface area contributed by atoms with Gasteiger partial charge in [0, 0.05) is 24.7 Å². The summed E-state index contributed by atoms with van der Waals surface area (Å²) in [6, 6.07) is 0. The molecular weight excluding hydrogens is 436 g/mol. The normalized spacial score (nSPS) is 51.6. The fourth-order valence-electron chi connectivity index (χ4n) is 7.97. The van der Waals surface area contributed by atoms with Crippen LogP contribution in [0.25, 0.3) is 0 Å². The molecule has 0 heterocycles. The number of ketones is 2. The zero-order valence-electron chi connectivity index (χ0n) is 17.9. The lowest BCUT2D eigenvalue weighted by Gasteiger charge is -2.60. The lowest BCUT2D eigenvalue weighted by Crippen LogP contribution is -2.62.